The molecule has 1 unspecified atom stereocenters. The average molecular weight is 380 g/mol. The van der Waals surface area contributed by atoms with Crippen molar-refractivity contribution in [1.82, 2.24) is 0 Å². The lowest BCUT2D eigenvalue weighted by Gasteiger charge is -2.22. The Hall–Kier alpha value is -1.70. The number of likely N-dealkylation sites (N-methyl/N-ethyl adjacent to an activating group) is 1. The summed E-state index contributed by atoms with van der Waals surface area (Å²) in [7, 11) is -1.95. The first-order valence-electron chi connectivity index (χ1n) is 8.04. The van der Waals surface area contributed by atoms with Crippen LogP contribution in [0.1, 0.15) is 12.5 Å². The second kappa shape index (κ2) is 7.27. The number of benzene rings is 2. The molecule has 2 aromatic rings. The molecule has 2 aromatic carbocycles. The van der Waals surface area contributed by atoms with Crippen LogP contribution in [0.3, 0.4) is 0 Å². The van der Waals surface area contributed by atoms with Gasteiger partial charge in [-0.3, -0.25) is 0 Å². The standard InChI is InChI=1S/C18H21NO4S2/c1-4-22-12-17-19(3)18-15(6-5-7-16(18)24-17)23-25(20,21)14-10-8-13(2)9-11-14/h5-11,17H,4,12H2,1-3H3. The molecule has 0 saturated carbocycles. The summed E-state index contributed by atoms with van der Waals surface area (Å²) in [4.78, 5) is 3.15. The molecule has 25 heavy (non-hydrogen) atoms. The molecule has 3 rings (SSSR count). The third-order valence-corrected chi connectivity index (χ3v) is 6.54. The van der Waals surface area contributed by atoms with Gasteiger partial charge in [0.15, 0.2) is 5.75 Å². The Morgan fingerprint density at radius 3 is 2.56 bits per heavy atom. The second-order valence-corrected chi connectivity index (χ2v) is 8.56. The van der Waals surface area contributed by atoms with Crippen molar-refractivity contribution in [2.45, 2.75) is 29.0 Å². The van der Waals surface area contributed by atoms with E-state index in [9.17, 15) is 8.42 Å². The molecule has 0 fully saturated rings. The summed E-state index contributed by atoms with van der Waals surface area (Å²) in [6.45, 7) is 5.07. The molecule has 0 spiro atoms. The van der Waals surface area contributed by atoms with E-state index < -0.39 is 10.1 Å². The van der Waals surface area contributed by atoms with E-state index in [-0.39, 0.29) is 10.3 Å². The fraction of sp³-hybridized carbons (Fsp3) is 0.333. The summed E-state index contributed by atoms with van der Waals surface area (Å²) < 4.78 is 36.2. The molecule has 0 amide bonds. The van der Waals surface area contributed by atoms with Crippen LogP contribution in [0.2, 0.25) is 0 Å². The Morgan fingerprint density at radius 2 is 1.88 bits per heavy atom. The van der Waals surface area contributed by atoms with Crippen molar-refractivity contribution < 1.29 is 17.3 Å². The molecule has 0 aromatic heterocycles. The topological polar surface area (TPSA) is 55.8 Å². The van der Waals surface area contributed by atoms with Gasteiger partial charge in [-0.05, 0) is 38.1 Å². The number of nitrogens with zero attached hydrogens (tertiary/aromatic N) is 1. The number of hydrogen-bond acceptors (Lipinski definition) is 6. The van der Waals surface area contributed by atoms with E-state index >= 15 is 0 Å². The van der Waals surface area contributed by atoms with Gasteiger partial charge >= 0.3 is 10.1 Å². The number of anilines is 1. The first kappa shape index (κ1) is 18.1. The van der Waals surface area contributed by atoms with E-state index in [4.69, 9.17) is 8.92 Å². The zero-order chi connectivity index (χ0) is 18.0. The number of fused-ring (bicyclic) bond motifs is 1. The van der Waals surface area contributed by atoms with E-state index in [0.717, 1.165) is 16.1 Å². The van der Waals surface area contributed by atoms with Gasteiger partial charge in [0.1, 0.15) is 10.3 Å². The SMILES string of the molecule is CCOCC1Sc2cccc(OS(=O)(=O)c3ccc(C)cc3)c2N1C. The monoisotopic (exact) mass is 379 g/mol. The molecule has 5 nitrogen and oxygen atoms in total. The lowest BCUT2D eigenvalue weighted by Crippen LogP contribution is -2.29. The van der Waals surface area contributed by atoms with Crippen LogP contribution < -0.4 is 9.08 Å². The molecule has 1 heterocycles. The Morgan fingerprint density at radius 1 is 1.16 bits per heavy atom. The van der Waals surface area contributed by atoms with Gasteiger partial charge in [0.25, 0.3) is 0 Å². The van der Waals surface area contributed by atoms with Crippen LogP contribution in [0.25, 0.3) is 0 Å². The Kier molecular flexibility index (Phi) is 5.27. The summed E-state index contributed by atoms with van der Waals surface area (Å²) in [5.41, 5.74) is 1.78. The quantitative estimate of drug-likeness (QED) is 0.714. The van der Waals surface area contributed by atoms with Gasteiger partial charge in [0.05, 0.1) is 12.3 Å². The molecule has 1 aliphatic rings. The Labute approximate surface area is 153 Å². The summed E-state index contributed by atoms with van der Waals surface area (Å²) in [6, 6.07) is 12.1. The van der Waals surface area contributed by atoms with Crippen molar-refractivity contribution in [3.8, 4) is 5.75 Å². The van der Waals surface area contributed by atoms with E-state index in [2.05, 4.69) is 0 Å². The lowest BCUT2D eigenvalue weighted by atomic mass is 10.2. The molecule has 0 N–H and O–H groups in total. The van der Waals surface area contributed by atoms with Crippen LogP contribution in [-0.4, -0.2) is 34.1 Å². The second-order valence-electron chi connectivity index (χ2n) is 5.80. The highest BCUT2D eigenvalue weighted by Gasteiger charge is 2.32. The predicted octanol–water partition coefficient (Wildman–Crippen LogP) is 3.67. The highest BCUT2D eigenvalue weighted by molar-refractivity contribution is 8.00. The first-order valence-corrected chi connectivity index (χ1v) is 10.3. The molecule has 1 atom stereocenters. The van der Waals surface area contributed by atoms with E-state index in [1.54, 1.807) is 42.1 Å². The molecule has 0 aliphatic carbocycles. The van der Waals surface area contributed by atoms with Gasteiger partial charge < -0.3 is 13.8 Å². The molecule has 0 bridgehead atoms. The zero-order valence-corrected chi connectivity index (χ0v) is 16.1. The summed E-state index contributed by atoms with van der Waals surface area (Å²) in [5, 5.41) is 0.0989. The normalized spacial score (nSPS) is 16.8. The highest BCUT2D eigenvalue weighted by Crippen LogP contribution is 2.48. The number of thioether (sulfide) groups is 1. The maximum Gasteiger partial charge on any atom is 0.339 e. The van der Waals surface area contributed by atoms with E-state index in [1.165, 1.54) is 0 Å². The summed E-state index contributed by atoms with van der Waals surface area (Å²) in [6.07, 6.45) is 0. The van der Waals surface area contributed by atoms with Crippen LogP contribution in [0.5, 0.6) is 5.75 Å². The minimum absolute atomic E-state index is 0.0989. The molecule has 1 aliphatic heterocycles. The average Bonchev–Trinajstić information content (AvgIpc) is 2.90. The smallest absolute Gasteiger partial charge is 0.339 e. The minimum Gasteiger partial charge on any atom is -0.379 e. The lowest BCUT2D eigenvalue weighted by molar-refractivity contribution is 0.149. The van der Waals surface area contributed by atoms with Crippen LogP contribution >= 0.6 is 11.8 Å². The molecule has 0 radical (unpaired) electrons. The van der Waals surface area contributed by atoms with Crippen LogP contribution in [-0.2, 0) is 14.9 Å². The van der Waals surface area contributed by atoms with Crippen molar-refractivity contribution in [2.75, 3.05) is 25.2 Å². The summed E-state index contributed by atoms with van der Waals surface area (Å²) in [5.74, 6) is 0.340. The van der Waals surface area contributed by atoms with Gasteiger partial charge in [-0.2, -0.15) is 8.42 Å². The van der Waals surface area contributed by atoms with Crippen molar-refractivity contribution >= 4 is 27.6 Å². The first-order chi connectivity index (χ1) is 11.9. The van der Waals surface area contributed by atoms with E-state index in [1.807, 2.05) is 37.9 Å². The van der Waals surface area contributed by atoms with E-state index in [0.29, 0.717) is 19.0 Å². The number of ether oxygens (including phenoxy) is 1. The number of rotatable bonds is 6. The van der Waals surface area contributed by atoms with Crippen molar-refractivity contribution in [3.63, 3.8) is 0 Å². The predicted molar refractivity (Wildman–Crippen MR) is 100.0 cm³/mol. The van der Waals surface area contributed by atoms with Crippen LogP contribution in [0.4, 0.5) is 5.69 Å². The van der Waals surface area contributed by atoms with Crippen molar-refractivity contribution in [1.29, 1.82) is 0 Å². The minimum atomic E-state index is -3.88. The van der Waals surface area contributed by atoms with Gasteiger partial charge in [0, 0.05) is 18.6 Å². The third-order valence-electron chi connectivity index (χ3n) is 3.98. The third kappa shape index (κ3) is 3.78. The fourth-order valence-corrected chi connectivity index (χ4v) is 4.79. The van der Waals surface area contributed by atoms with Gasteiger partial charge in [-0.25, -0.2) is 0 Å². The van der Waals surface area contributed by atoms with Gasteiger partial charge in [0.2, 0.25) is 0 Å². The zero-order valence-electron chi connectivity index (χ0n) is 14.4. The molecule has 7 heteroatoms. The molecular formula is C18H21NO4S2. The van der Waals surface area contributed by atoms with Crippen LogP contribution in [0, 0.1) is 6.92 Å². The Bertz CT molecular complexity index is 850. The Balaban J connectivity index is 1.88. The van der Waals surface area contributed by atoms with Gasteiger partial charge in [-0.15, -0.1) is 0 Å². The van der Waals surface area contributed by atoms with Crippen LogP contribution in [0.15, 0.2) is 52.3 Å². The largest absolute Gasteiger partial charge is 0.379 e. The maximum atomic E-state index is 12.6. The van der Waals surface area contributed by atoms with Crippen molar-refractivity contribution in [2.24, 2.45) is 0 Å². The number of aryl methyl sites for hydroxylation is 1. The molecule has 0 saturated heterocycles. The van der Waals surface area contributed by atoms with Crippen molar-refractivity contribution in [3.05, 3.63) is 48.0 Å². The molecule has 134 valence electrons. The number of para-hydroxylation sites is 1. The summed E-state index contributed by atoms with van der Waals surface area (Å²) >= 11 is 1.65. The highest BCUT2D eigenvalue weighted by atomic mass is 32.2. The van der Waals surface area contributed by atoms with Gasteiger partial charge in [-0.1, -0.05) is 35.5 Å². The maximum absolute atomic E-state index is 12.6. The molecular weight excluding hydrogens is 358 g/mol. The fourth-order valence-electron chi connectivity index (χ4n) is 2.62. The number of hydrogen-bond donors (Lipinski definition) is 0.